The van der Waals surface area contributed by atoms with E-state index in [1.165, 1.54) is 32.1 Å². The first-order valence-electron chi connectivity index (χ1n) is 10.2. The second kappa shape index (κ2) is 6.93. The van der Waals surface area contributed by atoms with Crippen LogP contribution in [0.15, 0.2) is 0 Å². The van der Waals surface area contributed by atoms with Gasteiger partial charge in [-0.05, 0) is 74.0 Å². The number of hydrogen-bond acceptors (Lipinski definition) is 4. The van der Waals surface area contributed by atoms with Crippen LogP contribution in [0.2, 0.25) is 0 Å². The molecule has 0 aromatic carbocycles. The van der Waals surface area contributed by atoms with Crippen molar-refractivity contribution in [2.45, 2.75) is 72.8 Å². The summed E-state index contributed by atoms with van der Waals surface area (Å²) in [5, 5.41) is 11.2. The SMILES string of the molecule is CCOP(=O)(C[C@@H](O)[C@H]1[C@H]2CC[C@@H]3[C@H]2C(C)(C)CCC[C@]13C)OCC. The summed E-state index contributed by atoms with van der Waals surface area (Å²) in [4.78, 5) is 0. The summed E-state index contributed by atoms with van der Waals surface area (Å²) in [5.41, 5.74) is 0.519. The van der Waals surface area contributed by atoms with Crippen molar-refractivity contribution in [1.82, 2.24) is 0 Å². The van der Waals surface area contributed by atoms with Gasteiger partial charge >= 0.3 is 7.60 Å². The third-order valence-corrected chi connectivity index (χ3v) is 9.82. The maximum Gasteiger partial charge on any atom is 0.333 e. The molecule has 0 unspecified atom stereocenters. The lowest BCUT2D eigenvalue weighted by Gasteiger charge is -2.44. The van der Waals surface area contributed by atoms with Gasteiger partial charge in [-0.25, -0.2) is 0 Å². The average molecular weight is 372 g/mol. The zero-order valence-corrected chi connectivity index (χ0v) is 17.6. The third kappa shape index (κ3) is 3.26. The molecule has 0 heterocycles. The number of rotatable bonds is 7. The molecule has 5 heteroatoms. The molecule has 3 saturated carbocycles. The van der Waals surface area contributed by atoms with Crippen LogP contribution in [0.3, 0.4) is 0 Å². The van der Waals surface area contributed by atoms with E-state index in [1.807, 2.05) is 13.8 Å². The Labute approximate surface area is 153 Å². The minimum atomic E-state index is -3.21. The summed E-state index contributed by atoms with van der Waals surface area (Å²) < 4.78 is 23.9. The number of aliphatic hydroxyl groups excluding tert-OH is 1. The summed E-state index contributed by atoms with van der Waals surface area (Å²) >= 11 is 0. The quantitative estimate of drug-likeness (QED) is 0.632. The molecule has 0 aromatic rings. The summed E-state index contributed by atoms with van der Waals surface area (Å²) in [6.45, 7) is 11.6. The molecule has 146 valence electrons. The molecular weight excluding hydrogens is 335 g/mol. The molecule has 4 bridgehead atoms. The fourth-order valence-electron chi connectivity index (χ4n) is 7.08. The van der Waals surface area contributed by atoms with Crippen molar-refractivity contribution in [2.24, 2.45) is 34.5 Å². The molecular formula is C20H37O4P. The second-order valence-electron chi connectivity index (χ2n) is 9.44. The maximum atomic E-state index is 13.0. The molecule has 6 atom stereocenters. The fourth-order valence-corrected chi connectivity index (χ4v) is 8.84. The van der Waals surface area contributed by atoms with Gasteiger partial charge in [-0.2, -0.15) is 0 Å². The Morgan fingerprint density at radius 3 is 2.36 bits per heavy atom. The van der Waals surface area contributed by atoms with Crippen molar-refractivity contribution in [3.63, 3.8) is 0 Å². The highest BCUT2D eigenvalue weighted by Gasteiger charge is 2.66. The lowest BCUT2D eigenvalue weighted by Crippen LogP contribution is -2.42. The van der Waals surface area contributed by atoms with Gasteiger partial charge < -0.3 is 14.2 Å². The van der Waals surface area contributed by atoms with Gasteiger partial charge in [-0.15, -0.1) is 0 Å². The fraction of sp³-hybridized carbons (Fsp3) is 1.00. The van der Waals surface area contributed by atoms with Crippen LogP contribution < -0.4 is 0 Å². The zero-order valence-electron chi connectivity index (χ0n) is 16.7. The van der Waals surface area contributed by atoms with E-state index in [0.29, 0.717) is 36.4 Å². The number of hydrogen-bond donors (Lipinski definition) is 1. The van der Waals surface area contributed by atoms with E-state index < -0.39 is 13.7 Å². The first kappa shape index (κ1) is 19.9. The van der Waals surface area contributed by atoms with Crippen LogP contribution in [0, 0.1) is 34.5 Å². The molecule has 3 fully saturated rings. The monoisotopic (exact) mass is 372 g/mol. The van der Waals surface area contributed by atoms with Crippen LogP contribution in [-0.2, 0) is 13.6 Å². The van der Waals surface area contributed by atoms with E-state index in [0.717, 1.165) is 0 Å². The Kier molecular flexibility index (Phi) is 5.50. The molecule has 25 heavy (non-hydrogen) atoms. The summed E-state index contributed by atoms with van der Waals surface area (Å²) in [6, 6.07) is 0. The van der Waals surface area contributed by atoms with Crippen molar-refractivity contribution >= 4 is 7.60 Å². The maximum absolute atomic E-state index is 13.0. The Bertz CT molecular complexity index is 524. The van der Waals surface area contributed by atoms with Crippen molar-refractivity contribution in [1.29, 1.82) is 0 Å². The highest BCUT2D eigenvalue weighted by atomic mass is 31.2. The molecule has 0 radical (unpaired) electrons. The number of aliphatic hydroxyl groups is 1. The van der Waals surface area contributed by atoms with Gasteiger partial charge in [0, 0.05) is 0 Å². The van der Waals surface area contributed by atoms with Crippen molar-refractivity contribution in [3.8, 4) is 0 Å². The van der Waals surface area contributed by atoms with Gasteiger partial charge in [-0.3, -0.25) is 4.57 Å². The summed E-state index contributed by atoms with van der Waals surface area (Å²) in [7, 11) is -3.21. The Morgan fingerprint density at radius 2 is 1.76 bits per heavy atom. The van der Waals surface area contributed by atoms with Gasteiger partial charge in [0.25, 0.3) is 0 Å². The van der Waals surface area contributed by atoms with Crippen LogP contribution >= 0.6 is 7.60 Å². The smallest absolute Gasteiger partial charge is 0.333 e. The van der Waals surface area contributed by atoms with Gasteiger partial charge in [0.1, 0.15) is 0 Å². The van der Waals surface area contributed by atoms with E-state index in [1.54, 1.807) is 0 Å². The average Bonchev–Trinajstić information content (AvgIpc) is 2.98. The van der Waals surface area contributed by atoms with Crippen LogP contribution in [0.5, 0.6) is 0 Å². The first-order valence-corrected chi connectivity index (χ1v) is 12.0. The zero-order chi connectivity index (χ0) is 18.5. The van der Waals surface area contributed by atoms with Gasteiger partial charge in [0.2, 0.25) is 0 Å². The summed E-state index contributed by atoms with van der Waals surface area (Å²) in [5.74, 6) is 2.17. The lowest BCUT2D eigenvalue weighted by atomic mass is 9.63. The molecule has 0 saturated heterocycles. The van der Waals surface area contributed by atoms with Crippen LogP contribution in [0.1, 0.15) is 66.7 Å². The highest BCUT2D eigenvalue weighted by molar-refractivity contribution is 7.53. The third-order valence-electron chi connectivity index (χ3n) is 7.69. The normalized spacial score (nSPS) is 40.9. The highest BCUT2D eigenvalue weighted by Crippen LogP contribution is 2.71. The van der Waals surface area contributed by atoms with Gasteiger partial charge in [0.15, 0.2) is 0 Å². The van der Waals surface area contributed by atoms with Gasteiger partial charge in [0.05, 0.1) is 25.5 Å². The predicted octanol–water partition coefficient (Wildman–Crippen LogP) is 5.10. The minimum absolute atomic E-state index is 0.144. The lowest BCUT2D eigenvalue weighted by molar-refractivity contribution is -0.0129. The standard InChI is InChI=1S/C20H37O4P/c1-6-23-25(22,24-7-2)13-16(21)18-14-9-10-15-17(14)19(3,4)11-8-12-20(15,18)5/h14-18,21H,6-13H2,1-5H3/t14-,15+,16+,17-,18+,20-/m0/s1. The van der Waals surface area contributed by atoms with Crippen LogP contribution in [0.25, 0.3) is 0 Å². The Balaban J connectivity index is 1.86. The van der Waals surface area contributed by atoms with Crippen LogP contribution in [0.4, 0.5) is 0 Å². The molecule has 0 amide bonds. The van der Waals surface area contributed by atoms with E-state index >= 15 is 0 Å². The molecule has 3 aliphatic carbocycles. The largest absolute Gasteiger partial charge is 0.392 e. The van der Waals surface area contributed by atoms with Crippen molar-refractivity contribution < 1.29 is 18.7 Å². The Morgan fingerprint density at radius 1 is 1.12 bits per heavy atom. The molecule has 0 spiro atoms. The summed E-state index contributed by atoms with van der Waals surface area (Å²) in [6.07, 6.45) is 5.77. The topological polar surface area (TPSA) is 55.8 Å². The first-order chi connectivity index (χ1) is 11.7. The second-order valence-corrected chi connectivity index (χ2v) is 11.5. The molecule has 0 aliphatic heterocycles. The molecule has 0 aromatic heterocycles. The van der Waals surface area contributed by atoms with E-state index in [9.17, 15) is 9.67 Å². The molecule has 1 N–H and O–H groups in total. The van der Waals surface area contributed by atoms with E-state index in [2.05, 4.69) is 20.8 Å². The van der Waals surface area contributed by atoms with E-state index in [-0.39, 0.29) is 17.5 Å². The Hall–Kier alpha value is 0.110. The minimum Gasteiger partial charge on any atom is -0.392 e. The van der Waals surface area contributed by atoms with Crippen molar-refractivity contribution in [2.75, 3.05) is 19.4 Å². The molecule has 3 rings (SSSR count). The van der Waals surface area contributed by atoms with Crippen LogP contribution in [-0.4, -0.2) is 30.6 Å². The molecule has 4 nitrogen and oxygen atoms in total. The van der Waals surface area contributed by atoms with E-state index in [4.69, 9.17) is 9.05 Å². The van der Waals surface area contributed by atoms with Crippen molar-refractivity contribution in [3.05, 3.63) is 0 Å². The van der Waals surface area contributed by atoms with Gasteiger partial charge in [-0.1, -0.05) is 27.2 Å². The predicted molar refractivity (Wildman–Crippen MR) is 101 cm³/mol. The molecule has 3 aliphatic rings.